The molecule has 0 radical (unpaired) electrons. The second-order valence-corrected chi connectivity index (χ2v) is 10.9. The topological polar surface area (TPSA) is 120 Å². The molecule has 1 aromatic carbocycles. The van der Waals surface area contributed by atoms with E-state index in [2.05, 4.69) is 30.6 Å². The van der Waals surface area contributed by atoms with Crippen molar-refractivity contribution >= 4 is 23.2 Å². The highest BCUT2D eigenvalue weighted by atomic mass is 35.5. The number of halogens is 4. The Bertz CT molecular complexity index is 1920. The third kappa shape index (κ3) is 5.82. The summed E-state index contributed by atoms with van der Waals surface area (Å²) in [6, 6.07) is 10.8. The first-order valence-corrected chi connectivity index (χ1v) is 14.1. The normalized spacial score (nSPS) is 17.2. The summed E-state index contributed by atoms with van der Waals surface area (Å²) < 4.78 is 42.0. The average molecular weight is 621 g/mol. The lowest BCUT2D eigenvalue weighted by Gasteiger charge is -2.22. The van der Waals surface area contributed by atoms with Crippen LogP contribution in [0.5, 0.6) is 0 Å². The van der Waals surface area contributed by atoms with Crippen LogP contribution >= 0.6 is 11.6 Å². The highest BCUT2D eigenvalue weighted by molar-refractivity contribution is 6.31. The van der Waals surface area contributed by atoms with Gasteiger partial charge in [-0.05, 0) is 54.8 Å². The molecule has 0 saturated carbocycles. The van der Waals surface area contributed by atoms with Crippen LogP contribution in [0.2, 0.25) is 5.02 Å². The lowest BCUT2D eigenvalue weighted by molar-refractivity contribution is -0.141. The van der Waals surface area contributed by atoms with Crippen molar-refractivity contribution in [2.24, 2.45) is 5.92 Å². The molecule has 5 heterocycles. The SMILES string of the molecule is CC1CCC[C@H](n2cnc(-c3cc(Cl)ccc3-n3cc(C(F)(F)F)nn3)cc2=O)c2cc(ccn2)-c2ccncc2NC1=O. The zero-order chi connectivity index (χ0) is 31.0. The van der Waals surface area contributed by atoms with Gasteiger partial charge in [0.1, 0.15) is 0 Å². The Labute approximate surface area is 253 Å². The van der Waals surface area contributed by atoms with Crippen LogP contribution in [-0.4, -0.2) is 40.4 Å². The smallest absolute Gasteiger partial charge is 0.324 e. The van der Waals surface area contributed by atoms with Crippen molar-refractivity contribution in [2.45, 2.75) is 38.4 Å². The standard InChI is InChI=1S/C30H24ClF3N8O2/c1-17-3-2-4-26(23-11-18(7-10-36-23)20-8-9-35-14-24(20)38-29(17)44)41-16-37-22(13-28(41)43)21-12-19(31)5-6-25(21)42-15-27(39-40-42)30(32,33)34/h5-17,26H,2-4H2,1H3,(H,38,44)/t17?,26-/m0/s1. The van der Waals surface area contributed by atoms with E-state index in [1.165, 1.54) is 35.2 Å². The number of aromatic nitrogens is 7. The van der Waals surface area contributed by atoms with Gasteiger partial charge in [0.25, 0.3) is 5.56 Å². The van der Waals surface area contributed by atoms with E-state index in [4.69, 9.17) is 11.6 Å². The van der Waals surface area contributed by atoms with E-state index in [1.54, 1.807) is 24.7 Å². The van der Waals surface area contributed by atoms with Crippen molar-refractivity contribution in [3.8, 4) is 28.1 Å². The van der Waals surface area contributed by atoms with Gasteiger partial charge in [0.2, 0.25) is 5.91 Å². The number of hydrogen-bond acceptors (Lipinski definition) is 7. The maximum atomic E-state index is 13.7. The molecule has 0 saturated heterocycles. The summed E-state index contributed by atoms with van der Waals surface area (Å²) in [5.41, 5.74) is 1.89. The molecule has 44 heavy (non-hydrogen) atoms. The maximum Gasteiger partial charge on any atom is 0.436 e. The first-order chi connectivity index (χ1) is 21.1. The Morgan fingerprint density at radius 1 is 1.00 bits per heavy atom. The van der Waals surface area contributed by atoms with Crippen LogP contribution in [0.1, 0.15) is 43.6 Å². The van der Waals surface area contributed by atoms with Crippen LogP contribution in [0.4, 0.5) is 18.9 Å². The number of alkyl halides is 3. The van der Waals surface area contributed by atoms with Gasteiger partial charge in [0, 0.05) is 40.5 Å². The highest BCUT2D eigenvalue weighted by Gasteiger charge is 2.35. The quantitative estimate of drug-likeness (QED) is 0.264. The van der Waals surface area contributed by atoms with Crippen LogP contribution < -0.4 is 10.9 Å². The molecule has 2 bridgehead atoms. The van der Waals surface area contributed by atoms with Gasteiger partial charge in [-0.15, -0.1) is 5.10 Å². The van der Waals surface area contributed by atoms with Crippen LogP contribution in [0.3, 0.4) is 0 Å². The van der Waals surface area contributed by atoms with Crippen LogP contribution in [-0.2, 0) is 11.0 Å². The number of nitrogens with zero attached hydrogens (tertiary/aromatic N) is 7. The molecule has 0 aliphatic carbocycles. The fourth-order valence-electron chi connectivity index (χ4n) is 5.19. The van der Waals surface area contributed by atoms with Gasteiger partial charge >= 0.3 is 6.18 Å². The maximum absolute atomic E-state index is 13.7. The Kier molecular flexibility index (Phi) is 7.72. The predicted molar refractivity (Wildman–Crippen MR) is 156 cm³/mol. The minimum Gasteiger partial charge on any atom is -0.324 e. The molecule has 10 nitrogen and oxygen atoms in total. The fraction of sp³-hybridized carbons (Fsp3) is 0.233. The van der Waals surface area contributed by atoms with Gasteiger partial charge in [-0.1, -0.05) is 30.2 Å². The van der Waals surface area contributed by atoms with E-state index in [9.17, 15) is 22.8 Å². The third-order valence-electron chi connectivity index (χ3n) is 7.51. The molecular formula is C30H24ClF3N8O2. The molecule has 0 spiro atoms. The second-order valence-electron chi connectivity index (χ2n) is 10.5. The monoisotopic (exact) mass is 620 g/mol. The summed E-state index contributed by atoms with van der Waals surface area (Å²) >= 11 is 6.23. The number of carbonyl (C=O) groups excluding carboxylic acids is 1. The molecule has 4 aromatic heterocycles. The Morgan fingerprint density at radius 3 is 2.61 bits per heavy atom. The summed E-state index contributed by atoms with van der Waals surface area (Å²) in [4.78, 5) is 39.9. The number of fused-ring (bicyclic) bond motifs is 4. The lowest BCUT2D eigenvalue weighted by Crippen LogP contribution is -2.27. The van der Waals surface area contributed by atoms with Crippen molar-refractivity contribution in [1.29, 1.82) is 0 Å². The van der Waals surface area contributed by atoms with Crippen molar-refractivity contribution in [3.05, 3.63) is 100 Å². The van der Waals surface area contributed by atoms with Crippen molar-refractivity contribution in [3.63, 3.8) is 0 Å². The molecule has 1 aliphatic rings. The number of hydrogen-bond donors (Lipinski definition) is 1. The van der Waals surface area contributed by atoms with Crippen molar-refractivity contribution in [2.75, 3.05) is 5.32 Å². The Hall–Kier alpha value is -4.91. The number of nitrogens with one attached hydrogen (secondary N) is 1. The number of pyridine rings is 2. The molecule has 1 unspecified atom stereocenters. The molecule has 14 heteroatoms. The second kappa shape index (κ2) is 11.6. The van der Waals surface area contributed by atoms with Crippen molar-refractivity contribution in [1.82, 2.24) is 34.5 Å². The summed E-state index contributed by atoms with van der Waals surface area (Å²) in [5.74, 6) is -0.413. The largest absolute Gasteiger partial charge is 0.436 e. The van der Waals surface area contributed by atoms with Crippen molar-refractivity contribution < 1.29 is 18.0 Å². The molecule has 1 N–H and O–H groups in total. The summed E-state index contributed by atoms with van der Waals surface area (Å²) in [6.45, 7) is 1.85. The first-order valence-electron chi connectivity index (χ1n) is 13.7. The summed E-state index contributed by atoms with van der Waals surface area (Å²) in [7, 11) is 0. The number of rotatable bonds is 3. The van der Waals surface area contributed by atoms with E-state index in [1.807, 2.05) is 19.1 Å². The van der Waals surface area contributed by atoms with Gasteiger partial charge in [-0.3, -0.25) is 24.1 Å². The van der Waals surface area contributed by atoms with E-state index in [-0.39, 0.29) is 23.2 Å². The van der Waals surface area contributed by atoms with E-state index in [0.717, 1.165) is 22.0 Å². The molecule has 2 atom stereocenters. The molecule has 5 aromatic rings. The van der Waals surface area contributed by atoms with Gasteiger partial charge < -0.3 is 5.32 Å². The minimum absolute atomic E-state index is 0.124. The first kappa shape index (κ1) is 29.2. The average Bonchev–Trinajstić information content (AvgIpc) is 3.51. The Balaban J connectivity index is 1.42. The lowest BCUT2D eigenvalue weighted by atomic mass is 9.96. The molecular weight excluding hydrogens is 597 g/mol. The van der Waals surface area contributed by atoms with Gasteiger partial charge in [0.15, 0.2) is 5.69 Å². The van der Waals surface area contributed by atoms with Crippen LogP contribution in [0.15, 0.2) is 78.4 Å². The molecule has 0 fully saturated rings. The van der Waals surface area contributed by atoms with Crippen LogP contribution in [0, 0.1) is 5.92 Å². The summed E-state index contributed by atoms with van der Waals surface area (Å²) in [5, 5.41) is 10.1. The molecule has 6 rings (SSSR count). The molecule has 224 valence electrons. The van der Waals surface area contributed by atoms with E-state index >= 15 is 0 Å². The number of benzene rings is 1. The zero-order valence-corrected chi connectivity index (χ0v) is 23.9. The number of amides is 1. The van der Waals surface area contributed by atoms with E-state index < -0.39 is 23.5 Å². The minimum atomic E-state index is -4.68. The Morgan fingerprint density at radius 2 is 1.84 bits per heavy atom. The van der Waals surface area contributed by atoms with E-state index in [0.29, 0.717) is 41.2 Å². The van der Waals surface area contributed by atoms with Crippen LogP contribution in [0.25, 0.3) is 28.1 Å². The predicted octanol–water partition coefficient (Wildman–Crippen LogP) is 5.97. The zero-order valence-electron chi connectivity index (χ0n) is 23.2. The highest BCUT2D eigenvalue weighted by Crippen LogP contribution is 2.34. The summed E-state index contributed by atoms with van der Waals surface area (Å²) in [6.07, 6.45) is 4.05. The number of anilines is 1. The van der Waals surface area contributed by atoms with Gasteiger partial charge in [0.05, 0.1) is 47.5 Å². The van der Waals surface area contributed by atoms with Gasteiger partial charge in [-0.2, -0.15) is 13.2 Å². The third-order valence-corrected chi connectivity index (χ3v) is 7.75. The fourth-order valence-corrected chi connectivity index (χ4v) is 5.37. The number of carbonyl (C=O) groups is 1. The van der Waals surface area contributed by atoms with Gasteiger partial charge in [-0.25, -0.2) is 9.67 Å². The molecule has 1 amide bonds. The molecule has 1 aliphatic heterocycles.